The molecule has 3 aromatic carbocycles. The van der Waals surface area contributed by atoms with Crippen LogP contribution >= 0.6 is 0 Å². The molecule has 1 heterocycles. The summed E-state index contributed by atoms with van der Waals surface area (Å²) in [6, 6.07) is 19.9. The fourth-order valence-corrected chi connectivity index (χ4v) is 3.73. The number of methoxy groups -OCH3 is 2. The van der Waals surface area contributed by atoms with E-state index in [1.165, 1.54) is 14.2 Å². The number of carbonyl (C=O) groups excluding carboxylic acids is 1. The average Bonchev–Trinajstić information content (AvgIpc) is 2.86. The molecule has 4 rings (SSSR count). The number of benzene rings is 3. The van der Waals surface area contributed by atoms with E-state index >= 15 is 0 Å². The molecule has 0 bridgehead atoms. The van der Waals surface area contributed by atoms with Crippen LogP contribution in [0.4, 0.5) is 0 Å². The van der Waals surface area contributed by atoms with Gasteiger partial charge in [-0.25, -0.2) is 4.79 Å². The summed E-state index contributed by atoms with van der Waals surface area (Å²) < 4.78 is 11.6. The lowest BCUT2D eigenvalue weighted by Crippen LogP contribution is -2.35. The van der Waals surface area contributed by atoms with Crippen LogP contribution in [0.15, 0.2) is 76.3 Å². The van der Waals surface area contributed by atoms with E-state index in [1.54, 1.807) is 36.4 Å². The third-order valence-electron chi connectivity index (χ3n) is 5.58. The maximum absolute atomic E-state index is 13.0. The van der Waals surface area contributed by atoms with Crippen molar-refractivity contribution in [1.29, 1.82) is 0 Å². The van der Waals surface area contributed by atoms with Crippen LogP contribution in [0.2, 0.25) is 0 Å². The molecule has 0 fully saturated rings. The Hall–Kier alpha value is -4.33. The molecule has 1 aromatic heterocycles. The van der Waals surface area contributed by atoms with Crippen LogP contribution in [0.1, 0.15) is 21.5 Å². The van der Waals surface area contributed by atoms with Crippen molar-refractivity contribution in [2.24, 2.45) is 0 Å². The molecule has 0 unspecified atom stereocenters. The maximum Gasteiger partial charge on any atom is 0.329 e. The minimum atomic E-state index is -0.535. The predicted molar refractivity (Wildman–Crippen MR) is 130 cm³/mol. The summed E-state index contributed by atoms with van der Waals surface area (Å²) in [6.07, 6.45) is 0.745. The number of aromatic nitrogens is 2. The molecule has 2 N–H and O–H groups in total. The van der Waals surface area contributed by atoms with Gasteiger partial charge in [0.2, 0.25) is 0 Å². The van der Waals surface area contributed by atoms with Crippen LogP contribution < -0.4 is 26.0 Å². The summed E-state index contributed by atoms with van der Waals surface area (Å²) in [7, 11) is 2.96. The molecule has 0 aliphatic heterocycles. The van der Waals surface area contributed by atoms with Crippen LogP contribution in [0.3, 0.4) is 0 Å². The molecule has 0 saturated carbocycles. The van der Waals surface area contributed by atoms with Gasteiger partial charge in [0.25, 0.3) is 11.5 Å². The molecule has 34 heavy (non-hydrogen) atoms. The summed E-state index contributed by atoms with van der Waals surface area (Å²) in [6.45, 7) is 0.592. The summed E-state index contributed by atoms with van der Waals surface area (Å²) in [5.41, 5.74) is 1.77. The summed E-state index contributed by atoms with van der Waals surface area (Å²) >= 11 is 0. The molecule has 1 amide bonds. The fourth-order valence-electron chi connectivity index (χ4n) is 3.73. The number of nitrogens with zero attached hydrogens (tertiary/aromatic N) is 1. The van der Waals surface area contributed by atoms with E-state index in [1.807, 2.05) is 30.3 Å². The van der Waals surface area contributed by atoms with Gasteiger partial charge in [-0.15, -0.1) is 0 Å². The number of nitrogens with one attached hydrogen (secondary N) is 2. The van der Waals surface area contributed by atoms with E-state index < -0.39 is 11.2 Å². The van der Waals surface area contributed by atoms with Crippen molar-refractivity contribution in [3.8, 4) is 11.5 Å². The van der Waals surface area contributed by atoms with Gasteiger partial charge in [-0.05, 0) is 35.7 Å². The molecule has 0 saturated heterocycles. The molecule has 0 aliphatic rings. The van der Waals surface area contributed by atoms with E-state index in [0.29, 0.717) is 40.1 Å². The van der Waals surface area contributed by atoms with Crippen LogP contribution in [-0.2, 0) is 13.0 Å². The SMILES string of the molecule is COc1cc2[nH]c(=O)n(Cc3ccc(C(=O)NCCc4ccccc4)cc3)c(=O)c2cc1OC. The zero-order chi connectivity index (χ0) is 24.1. The second-order valence-electron chi connectivity index (χ2n) is 7.76. The van der Waals surface area contributed by atoms with Gasteiger partial charge in [-0.3, -0.25) is 14.2 Å². The van der Waals surface area contributed by atoms with Crippen LogP contribution in [0.25, 0.3) is 10.9 Å². The Bertz CT molecular complexity index is 1420. The quantitative estimate of drug-likeness (QED) is 0.422. The number of hydrogen-bond acceptors (Lipinski definition) is 5. The molecule has 0 atom stereocenters. The normalized spacial score (nSPS) is 10.8. The monoisotopic (exact) mass is 459 g/mol. The highest BCUT2D eigenvalue weighted by molar-refractivity contribution is 5.94. The first kappa shape index (κ1) is 22.8. The van der Waals surface area contributed by atoms with Gasteiger partial charge < -0.3 is 19.8 Å². The highest BCUT2D eigenvalue weighted by Gasteiger charge is 2.13. The number of ether oxygens (including phenoxy) is 2. The summed E-state index contributed by atoms with van der Waals surface area (Å²) in [5, 5.41) is 3.22. The second-order valence-corrected chi connectivity index (χ2v) is 7.76. The van der Waals surface area contributed by atoms with E-state index in [9.17, 15) is 14.4 Å². The standard InChI is InChI=1S/C26H25N3O5/c1-33-22-14-20-21(15-23(22)34-2)28-26(32)29(25(20)31)16-18-8-10-19(11-9-18)24(30)27-13-12-17-6-4-3-5-7-17/h3-11,14-15H,12-13,16H2,1-2H3,(H,27,30)(H,28,32). The van der Waals surface area contributed by atoms with Gasteiger partial charge in [-0.2, -0.15) is 0 Å². The largest absolute Gasteiger partial charge is 0.493 e. The fraction of sp³-hybridized carbons (Fsp3) is 0.192. The smallest absolute Gasteiger partial charge is 0.329 e. The van der Waals surface area contributed by atoms with Gasteiger partial charge in [0.15, 0.2) is 11.5 Å². The van der Waals surface area contributed by atoms with Crippen molar-refractivity contribution in [3.05, 3.63) is 104 Å². The first-order chi connectivity index (χ1) is 16.5. The minimum Gasteiger partial charge on any atom is -0.493 e. The van der Waals surface area contributed by atoms with E-state index in [0.717, 1.165) is 16.6 Å². The van der Waals surface area contributed by atoms with Gasteiger partial charge >= 0.3 is 5.69 Å². The Labute approximate surface area is 195 Å². The molecular weight excluding hydrogens is 434 g/mol. The molecule has 0 aliphatic carbocycles. The van der Waals surface area contributed by atoms with Crippen molar-refractivity contribution >= 4 is 16.8 Å². The Morgan fingerprint density at radius 1 is 0.912 bits per heavy atom. The first-order valence-electron chi connectivity index (χ1n) is 10.8. The maximum atomic E-state index is 13.0. The van der Waals surface area contributed by atoms with Crippen molar-refractivity contribution < 1.29 is 14.3 Å². The van der Waals surface area contributed by atoms with Gasteiger partial charge in [0, 0.05) is 18.2 Å². The highest BCUT2D eigenvalue weighted by Crippen LogP contribution is 2.29. The Morgan fingerprint density at radius 2 is 1.59 bits per heavy atom. The number of hydrogen-bond donors (Lipinski definition) is 2. The van der Waals surface area contributed by atoms with Crippen LogP contribution in [0, 0.1) is 0 Å². The number of aromatic amines is 1. The Morgan fingerprint density at radius 3 is 2.26 bits per heavy atom. The van der Waals surface area contributed by atoms with Crippen LogP contribution in [0.5, 0.6) is 11.5 Å². The minimum absolute atomic E-state index is 0.0638. The van der Waals surface area contributed by atoms with Gasteiger partial charge in [0.05, 0.1) is 31.7 Å². The molecule has 174 valence electrons. The number of carbonyl (C=O) groups is 1. The average molecular weight is 460 g/mol. The molecule has 4 aromatic rings. The van der Waals surface area contributed by atoms with E-state index in [2.05, 4.69) is 10.3 Å². The first-order valence-corrected chi connectivity index (χ1v) is 10.8. The van der Waals surface area contributed by atoms with Crippen LogP contribution in [-0.4, -0.2) is 36.2 Å². The topological polar surface area (TPSA) is 102 Å². The van der Waals surface area contributed by atoms with Gasteiger partial charge in [0.1, 0.15) is 0 Å². The summed E-state index contributed by atoms with van der Waals surface area (Å²) in [5.74, 6) is 0.637. The lowest BCUT2D eigenvalue weighted by Gasteiger charge is -2.11. The zero-order valence-electron chi connectivity index (χ0n) is 19.0. The van der Waals surface area contributed by atoms with Crippen molar-refractivity contribution in [2.75, 3.05) is 20.8 Å². The third kappa shape index (κ3) is 4.85. The molecule has 0 radical (unpaired) electrons. The van der Waals surface area contributed by atoms with Crippen molar-refractivity contribution in [2.45, 2.75) is 13.0 Å². The third-order valence-corrected chi connectivity index (χ3v) is 5.58. The number of fused-ring (bicyclic) bond motifs is 1. The zero-order valence-corrected chi connectivity index (χ0v) is 19.0. The van der Waals surface area contributed by atoms with E-state index in [4.69, 9.17) is 9.47 Å². The Kier molecular flexibility index (Phi) is 6.77. The van der Waals surface area contributed by atoms with Crippen molar-refractivity contribution in [3.63, 3.8) is 0 Å². The Balaban J connectivity index is 1.49. The lowest BCUT2D eigenvalue weighted by atomic mass is 10.1. The number of rotatable bonds is 8. The van der Waals surface area contributed by atoms with Gasteiger partial charge in [-0.1, -0.05) is 42.5 Å². The number of H-pyrrole nitrogens is 1. The highest BCUT2D eigenvalue weighted by atomic mass is 16.5. The number of amides is 1. The second kappa shape index (κ2) is 10.1. The summed E-state index contributed by atoms with van der Waals surface area (Å²) in [4.78, 5) is 40.8. The van der Waals surface area contributed by atoms with Crippen molar-refractivity contribution in [1.82, 2.24) is 14.9 Å². The molecule has 8 nitrogen and oxygen atoms in total. The molecule has 0 spiro atoms. The van der Waals surface area contributed by atoms with E-state index in [-0.39, 0.29) is 12.5 Å². The molecular formula is C26H25N3O5. The lowest BCUT2D eigenvalue weighted by molar-refractivity contribution is 0.0954. The molecule has 8 heteroatoms. The predicted octanol–water partition coefficient (Wildman–Crippen LogP) is 2.73.